The van der Waals surface area contributed by atoms with Crippen LogP contribution in [0.4, 0.5) is 0 Å². The van der Waals surface area contributed by atoms with Gasteiger partial charge in [0.25, 0.3) is 0 Å². The summed E-state index contributed by atoms with van der Waals surface area (Å²) >= 11 is 0. The van der Waals surface area contributed by atoms with Crippen molar-refractivity contribution in [2.24, 2.45) is 0 Å². The van der Waals surface area contributed by atoms with Gasteiger partial charge >= 0.3 is 0 Å². The van der Waals surface area contributed by atoms with Gasteiger partial charge in [0.2, 0.25) is 9.84 Å². The molecule has 0 fully saturated rings. The molecule has 0 heterocycles. The Hall–Kier alpha value is -6.05. The Morgan fingerprint density at radius 3 is 1.74 bits per heavy atom. The van der Waals surface area contributed by atoms with Crippen molar-refractivity contribution < 1.29 is 12.6 Å². The summed E-state index contributed by atoms with van der Waals surface area (Å²) in [7, 11) is -4.12. The molecule has 5 aromatic rings. The highest BCUT2D eigenvalue weighted by molar-refractivity contribution is 7.91. The Kier molecular flexibility index (Phi) is 7.18. The largest absolute Gasteiger partial charge is 0.379 e. The van der Waals surface area contributed by atoms with Crippen LogP contribution in [0, 0.1) is 34.0 Å². The number of nitrogens with zero attached hydrogens (tertiary/aromatic N) is 3. The lowest BCUT2D eigenvalue weighted by Gasteiger charge is -2.10. The number of sulfone groups is 1. The molecule has 0 amide bonds. The van der Waals surface area contributed by atoms with E-state index in [9.17, 15) is 28.4 Å². The number of nitriles is 3. The van der Waals surface area contributed by atoms with Gasteiger partial charge in [0, 0.05) is 24.3 Å². The van der Waals surface area contributed by atoms with Crippen molar-refractivity contribution >= 4 is 31.8 Å². The first-order valence-electron chi connectivity index (χ1n) is 14.5. The first kappa shape index (κ1) is 29.6. The van der Waals surface area contributed by atoms with E-state index < -0.39 is 20.6 Å². The molecule has 0 saturated carbocycles. The number of nitrogens with one attached hydrogen (secondary N) is 1. The van der Waals surface area contributed by atoms with E-state index in [1.807, 2.05) is 72.8 Å². The normalized spacial score (nSPS) is 14.0. The molecule has 0 radical (unpaired) electrons. The third-order valence-corrected chi connectivity index (χ3v) is 11.8. The van der Waals surface area contributed by atoms with Crippen molar-refractivity contribution in [2.45, 2.75) is 19.6 Å². The van der Waals surface area contributed by atoms with Gasteiger partial charge in [-0.3, -0.25) is 0 Å². The van der Waals surface area contributed by atoms with Crippen molar-refractivity contribution in [1.29, 1.82) is 15.8 Å². The molecular formula is C38H23N4O3S2+. The van der Waals surface area contributed by atoms with E-state index in [1.54, 1.807) is 37.4 Å². The zero-order valence-corrected chi connectivity index (χ0v) is 26.5. The average molecular weight is 648 g/mol. The highest BCUT2D eigenvalue weighted by Crippen LogP contribution is 2.54. The van der Waals surface area contributed by atoms with E-state index in [0.717, 1.165) is 22.3 Å². The maximum absolute atomic E-state index is 13.6. The lowest BCUT2D eigenvalue weighted by atomic mass is 9.93. The molecule has 0 aromatic heterocycles. The quantitative estimate of drug-likeness (QED) is 0.121. The van der Waals surface area contributed by atoms with Crippen molar-refractivity contribution in [3.8, 4) is 40.5 Å². The van der Waals surface area contributed by atoms with Crippen LogP contribution in [-0.4, -0.2) is 15.5 Å². The minimum Gasteiger partial charge on any atom is -0.379 e. The van der Waals surface area contributed by atoms with Gasteiger partial charge in [0.05, 0.1) is 9.79 Å². The monoisotopic (exact) mass is 647 g/mol. The molecule has 1 unspecified atom stereocenters. The van der Waals surface area contributed by atoms with E-state index in [-0.39, 0.29) is 15.4 Å². The fourth-order valence-corrected chi connectivity index (χ4v) is 8.85. The van der Waals surface area contributed by atoms with Gasteiger partial charge in [0.1, 0.15) is 40.3 Å². The summed E-state index contributed by atoms with van der Waals surface area (Å²) in [6, 6.07) is 37.7. The fourth-order valence-electron chi connectivity index (χ4n) is 6.34. The van der Waals surface area contributed by atoms with E-state index in [0.29, 0.717) is 48.9 Å². The standard InChI is InChI=1S/C38H22N4O3S2/c1-42-36(22-41)38-32-16-25(46(43)24-8-4-2-5-9-24)12-14-28(32)31-18-30-29-15-13-27(47(44,45)26-10-6-3-7-11-26)17-33(29)37(23(20-39)21-40)34(30)19-35(31)38/h2-19,42H,1H3/p+1/b38-36-. The molecule has 0 saturated heterocycles. The first-order valence-corrected chi connectivity index (χ1v) is 17.2. The first-order chi connectivity index (χ1) is 22.8. The smallest absolute Gasteiger partial charge is 0.206 e. The number of allylic oxidation sites excluding steroid dienone is 2. The van der Waals surface area contributed by atoms with Crippen LogP contribution in [0.15, 0.2) is 140 Å². The lowest BCUT2D eigenvalue weighted by molar-refractivity contribution is 0.594. The second-order valence-electron chi connectivity index (χ2n) is 10.9. The van der Waals surface area contributed by atoms with Crippen LogP contribution < -0.4 is 5.32 Å². The third-order valence-electron chi connectivity index (χ3n) is 8.48. The molecule has 0 aliphatic heterocycles. The van der Waals surface area contributed by atoms with Crippen LogP contribution in [0.1, 0.15) is 22.3 Å². The maximum atomic E-state index is 13.6. The predicted octanol–water partition coefficient (Wildman–Crippen LogP) is 6.95. The number of fused-ring (bicyclic) bond motifs is 6. The molecule has 224 valence electrons. The Labute approximate surface area is 274 Å². The molecule has 2 aliphatic carbocycles. The van der Waals surface area contributed by atoms with Crippen LogP contribution in [0.5, 0.6) is 0 Å². The number of rotatable bonds is 5. The number of hydrogen-bond acceptors (Lipinski definition) is 7. The van der Waals surface area contributed by atoms with E-state index in [2.05, 4.69) is 11.4 Å². The van der Waals surface area contributed by atoms with Gasteiger partial charge in [0.15, 0.2) is 9.79 Å². The summed E-state index contributed by atoms with van der Waals surface area (Å²) < 4.78 is 40.7. The lowest BCUT2D eigenvalue weighted by Crippen LogP contribution is -2.07. The molecule has 7 rings (SSSR count). The molecule has 5 aromatic carbocycles. The third kappa shape index (κ3) is 4.59. The molecule has 1 atom stereocenters. The maximum Gasteiger partial charge on any atom is 0.206 e. The Bertz CT molecular complexity index is 2480. The van der Waals surface area contributed by atoms with E-state index >= 15 is 0 Å². The number of benzene rings is 5. The second kappa shape index (κ2) is 11.4. The summed E-state index contributed by atoms with van der Waals surface area (Å²) in [5, 5.41) is 33.2. The van der Waals surface area contributed by atoms with Gasteiger partial charge in [-0.2, -0.15) is 15.8 Å². The van der Waals surface area contributed by atoms with Crippen LogP contribution in [-0.2, 0) is 24.8 Å². The summed E-state index contributed by atoms with van der Waals surface area (Å²) in [5.74, 6) is 0. The zero-order valence-electron chi connectivity index (χ0n) is 24.8. The highest BCUT2D eigenvalue weighted by Gasteiger charge is 2.35. The van der Waals surface area contributed by atoms with Crippen molar-refractivity contribution in [1.82, 2.24) is 5.32 Å². The molecule has 7 nitrogen and oxygen atoms in total. The van der Waals surface area contributed by atoms with E-state index in [1.165, 1.54) is 18.2 Å². The van der Waals surface area contributed by atoms with E-state index in [4.69, 9.17) is 0 Å². The van der Waals surface area contributed by atoms with Crippen LogP contribution in [0.2, 0.25) is 0 Å². The predicted molar refractivity (Wildman–Crippen MR) is 180 cm³/mol. The number of thiol groups is 1. The van der Waals surface area contributed by atoms with Crippen molar-refractivity contribution in [2.75, 3.05) is 7.05 Å². The van der Waals surface area contributed by atoms with Crippen molar-refractivity contribution in [3.05, 3.63) is 143 Å². The minimum atomic E-state index is -3.88. The summed E-state index contributed by atoms with van der Waals surface area (Å²) in [6.07, 6.45) is 0. The summed E-state index contributed by atoms with van der Waals surface area (Å²) in [5.41, 5.74) is 6.65. The number of hydrogen-bond donors (Lipinski definition) is 1. The molecule has 1 N–H and O–H groups in total. The SMILES string of the molecule is CN/C(C#N)=C1/c2cc([SH+](=O)c3ccccc3)ccc2-c2cc3c(cc21)C(=C(C#N)C#N)c1cc(S(=O)(=O)c2ccccc2)ccc1-3. The van der Waals surface area contributed by atoms with Crippen LogP contribution in [0.25, 0.3) is 33.4 Å². The Morgan fingerprint density at radius 1 is 0.574 bits per heavy atom. The fraction of sp³-hybridized carbons (Fsp3) is 0.0263. The Balaban J connectivity index is 1.46. The van der Waals surface area contributed by atoms with Crippen LogP contribution >= 0.6 is 0 Å². The summed E-state index contributed by atoms with van der Waals surface area (Å²) in [4.78, 5) is 1.49. The van der Waals surface area contributed by atoms with Crippen LogP contribution in [0.3, 0.4) is 0 Å². The molecule has 9 heteroatoms. The second-order valence-corrected chi connectivity index (χ2v) is 14.5. The molecular weight excluding hydrogens is 625 g/mol. The topological polar surface area (TPSA) is 135 Å². The van der Waals surface area contributed by atoms with Gasteiger partial charge in [-0.15, -0.1) is 0 Å². The molecule has 47 heavy (non-hydrogen) atoms. The van der Waals surface area contributed by atoms with Gasteiger partial charge in [-0.25, -0.2) is 8.42 Å². The van der Waals surface area contributed by atoms with Crippen molar-refractivity contribution in [3.63, 3.8) is 0 Å². The molecule has 0 bridgehead atoms. The minimum absolute atomic E-state index is 0.0449. The highest BCUT2D eigenvalue weighted by atomic mass is 32.2. The molecule has 2 aliphatic rings. The van der Waals surface area contributed by atoms with Gasteiger partial charge in [-0.1, -0.05) is 46.7 Å². The molecule has 0 spiro atoms. The zero-order chi connectivity index (χ0) is 32.9. The van der Waals surface area contributed by atoms with Gasteiger partial charge < -0.3 is 5.32 Å². The Morgan fingerprint density at radius 2 is 1.13 bits per heavy atom. The summed E-state index contributed by atoms with van der Waals surface area (Å²) in [6.45, 7) is 0. The average Bonchev–Trinajstić information content (AvgIpc) is 3.60. The van der Waals surface area contributed by atoms with Gasteiger partial charge in [-0.05, 0) is 105 Å².